The molecule has 5 heteroatoms. The number of aromatic nitrogens is 2. The maximum atomic E-state index is 12.8. The van der Waals surface area contributed by atoms with E-state index in [0.29, 0.717) is 12.5 Å². The standard InChI is InChI=1S/C28H37N3O2/c1-20(2)22-14-16-24(17-15-22)33-19-9-18-31-26-13-8-7-12-25(26)30-27(31)21(3)29-28(32)23-10-5-4-6-11-23/h7-8,12-17,20-21,23H,4-6,9-11,18-19H2,1-3H3,(H,29,32). The van der Waals surface area contributed by atoms with Gasteiger partial charge in [0.25, 0.3) is 0 Å². The predicted octanol–water partition coefficient (Wildman–Crippen LogP) is 6.39. The highest BCUT2D eigenvalue weighted by Gasteiger charge is 2.24. The molecule has 2 aromatic carbocycles. The second-order valence-electron chi connectivity index (χ2n) is 9.60. The lowest BCUT2D eigenvalue weighted by Crippen LogP contribution is -2.35. The number of carbonyl (C=O) groups excluding carboxylic acids is 1. The van der Waals surface area contributed by atoms with Crippen molar-refractivity contribution in [1.29, 1.82) is 0 Å². The minimum atomic E-state index is -0.128. The zero-order chi connectivity index (χ0) is 23.2. The molecule has 1 atom stereocenters. The smallest absolute Gasteiger partial charge is 0.223 e. The first-order valence-electron chi connectivity index (χ1n) is 12.5. The van der Waals surface area contributed by atoms with Crippen LogP contribution in [0.3, 0.4) is 0 Å². The van der Waals surface area contributed by atoms with Gasteiger partial charge in [0, 0.05) is 12.5 Å². The number of imidazole rings is 1. The molecule has 1 unspecified atom stereocenters. The lowest BCUT2D eigenvalue weighted by molar-refractivity contribution is -0.126. The number of nitrogens with zero attached hydrogens (tertiary/aromatic N) is 2. The quantitative estimate of drug-likeness (QED) is 0.387. The first-order chi connectivity index (χ1) is 16.0. The van der Waals surface area contributed by atoms with Crippen LogP contribution in [0.15, 0.2) is 48.5 Å². The van der Waals surface area contributed by atoms with Gasteiger partial charge in [-0.2, -0.15) is 0 Å². The van der Waals surface area contributed by atoms with Crippen molar-refractivity contribution in [3.63, 3.8) is 0 Å². The molecule has 33 heavy (non-hydrogen) atoms. The second kappa shape index (κ2) is 10.9. The normalized spacial score (nSPS) is 15.6. The van der Waals surface area contributed by atoms with Gasteiger partial charge in [0.2, 0.25) is 5.91 Å². The average Bonchev–Trinajstić information content (AvgIpc) is 3.21. The molecule has 3 aromatic rings. The Morgan fingerprint density at radius 1 is 1.06 bits per heavy atom. The monoisotopic (exact) mass is 447 g/mol. The number of benzene rings is 2. The minimum Gasteiger partial charge on any atom is -0.494 e. The number of nitrogens with one attached hydrogen (secondary N) is 1. The van der Waals surface area contributed by atoms with Gasteiger partial charge in [0.05, 0.1) is 23.7 Å². The van der Waals surface area contributed by atoms with E-state index in [1.165, 1.54) is 12.0 Å². The summed E-state index contributed by atoms with van der Waals surface area (Å²) in [4.78, 5) is 17.7. The van der Waals surface area contributed by atoms with Crippen LogP contribution in [0, 0.1) is 5.92 Å². The minimum absolute atomic E-state index is 0.128. The molecule has 1 aromatic heterocycles. The fourth-order valence-corrected chi connectivity index (χ4v) is 4.78. The topological polar surface area (TPSA) is 56.1 Å². The van der Waals surface area contributed by atoms with E-state index in [9.17, 15) is 4.79 Å². The van der Waals surface area contributed by atoms with Crippen molar-refractivity contribution in [3.8, 4) is 5.75 Å². The third kappa shape index (κ3) is 5.76. The number of carbonyl (C=O) groups is 1. The van der Waals surface area contributed by atoms with Crippen molar-refractivity contribution in [2.75, 3.05) is 6.61 Å². The fourth-order valence-electron chi connectivity index (χ4n) is 4.78. The fraction of sp³-hybridized carbons (Fsp3) is 0.500. The van der Waals surface area contributed by atoms with Crippen molar-refractivity contribution >= 4 is 16.9 Å². The van der Waals surface area contributed by atoms with Crippen LogP contribution in [-0.2, 0) is 11.3 Å². The van der Waals surface area contributed by atoms with Gasteiger partial charge in [0.15, 0.2) is 0 Å². The van der Waals surface area contributed by atoms with Crippen LogP contribution < -0.4 is 10.1 Å². The molecule has 4 rings (SSSR count). The first-order valence-corrected chi connectivity index (χ1v) is 12.5. The molecular weight excluding hydrogens is 410 g/mol. The van der Waals surface area contributed by atoms with Gasteiger partial charge in [-0.05, 0) is 61.9 Å². The van der Waals surface area contributed by atoms with Gasteiger partial charge in [-0.25, -0.2) is 4.98 Å². The molecule has 0 bridgehead atoms. The molecule has 1 aliphatic carbocycles. The number of amides is 1. The van der Waals surface area contributed by atoms with Crippen LogP contribution in [-0.4, -0.2) is 22.1 Å². The maximum Gasteiger partial charge on any atom is 0.223 e. The molecule has 0 spiro atoms. The van der Waals surface area contributed by atoms with Crippen LogP contribution in [0.25, 0.3) is 11.0 Å². The average molecular weight is 448 g/mol. The molecule has 0 aliphatic heterocycles. The Labute approximate surface area is 197 Å². The Morgan fingerprint density at radius 3 is 2.52 bits per heavy atom. The predicted molar refractivity (Wildman–Crippen MR) is 134 cm³/mol. The van der Waals surface area contributed by atoms with Gasteiger partial charge in [-0.15, -0.1) is 0 Å². The Kier molecular flexibility index (Phi) is 7.69. The Balaban J connectivity index is 1.40. The first kappa shape index (κ1) is 23.3. The van der Waals surface area contributed by atoms with E-state index < -0.39 is 0 Å². The van der Waals surface area contributed by atoms with Crippen LogP contribution in [0.4, 0.5) is 0 Å². The number of fused-ring (bicyclic) bond motifs is 1. The summed E-state index contributed by atoms with van der Waals surface area (Å²) in [5.74, 6) is 2.67. The number of aryl methyl sites for hydroxylation is 1. The van der Waals surface area contributed by atoms with Crippen molar-refractivity contribution in [3.05, 3.63) is 59.9 Å². The zero-order valence-electron chi connectivity index (χ0n) is 20.2. The molecule has 0 radical (unpaired) electrons. The highest BCUT2D eigenvalue weighted by molar-refractivity contribution is 5.80. The molecule has 1 saturated carbocycles. The summed E-state index contributed by atoms with van der Waals surface area (Å²) in [5, 5.41) is 3.24. The number of hydrogen-bond donors (Lipinski definition) is 1. The molecule has 1 heterocycles. The van der Waals surface area contributed by atoms with Crippen molar-refractivity contribution in [2.24, 2.45) is 5.92 Å². The number of ether oxygens (including phenoxy) is 1. The summed E-state index contributed by atoms with van der Waals surface area (Å²) in [7, 11) is 0. The highest BCUT2D eigenvalue weighted by atomic mass is 16.5. The van der Waals surface area contributed by atoms with Crippen LogP contribution in [0.5, 0.6) is 5.75 Å². The third-order valence-corrected chi connectivity index (χ3v) is 6.75. The Bertz CT molecular complexity index is 1050. The van der Waals surface area contributed by atoms with Gasteiger partial charge in [-0.3, -0.25) is 4.79 Å². The Hall–Kier alpha value is -2.82. The molecule has 1 N–H and O–H groups in total. The number of hydrogen-bond acceptors (Lipinski definition) is 3. The van der Waals surface area contributed by atoms with Crippen molar-refractivity contribution in [1.82, 2.24) is 14.9 Å². The van der Waals surface area contributed by atoms with E-state index in [2.05, 4.69) is 54.1 Å². The van der Waals surface area contributed by atoms with E-state index in [-0.39, 0.29) is 17.9 Å². The zero-order valence-corrected chi connectivity index (χ0v) is 20.2. The lowest BCUT2D eigenvalue weighted by Gasteiger charge is -2.23. The van der Waals surface area contributed by atoms with Gasteiger partial charge < -0.3 is 14.6 Å². The molecule has 176 valence electrons. The van der Waals surface area contributed by atoms with E-state index in [1.807, 2.05) is 25.1 Å². The molecule has 5 nitrogen and oxygen atoms in total. The number of rotatable bonds is 9. The maximum absolute atomic E-state index is 12.8. The molecular formula is C28H37N3O2. The summed E-state index contributed by atoms with van der Waals surface area (Å²) in [5.41, 5.74) is 3.39. The summed E-state index contributed by atoms with van der Waals surface area (Å²) >= 11 is 0. The lowest BCUT2D eigenvalue weighted by atomic mass is 9.88. The highest BCUT2D eigenvalue weighted by Crippen LogP contribution is 2.26. The van der Waals surface area contributed by atoms with Crippen LogP contribution in [0.1, 0.15) is 82.6 Å². The molecule has 1 aliphatic rings. The summed E-state index contributed by atoms with van der Waals surface area (Å²) in [6, 6.07) is 16.4. The summed E-state index contributed by atoms with van der Waals surface area (Å²) in [6.07, 6.45) is 6.44. The largest absolute Gasteiger partial charge is 0.494 e. The van der Waals surface area contributed by atoms with Crippen molar-refractivity contribution < 1.29 is 9.53 Å². The van der Waals surface area contributed by atoms with E-state index >= 15 is 0 Å². The molecule has 1 amide bonds. The molecule has 1 fully saturated rings. The van der Waals surface area contributed by atoms with E-state index in [1.54, 1.807) is 0 Å². The van der Waals surface area contributed by atoms with Gasteiger partial charge in [0.1, 0.15) is 11.6 Å². The second-order valence-corrected chi connectivity index (χ2v) is 9.60. The Morgan fingerprint density at radius 2 is 1.79 bits per heavy atom. The van der Waals surface area contributed by atoms with Gasteiger partial charge >= 0.3 is 0 Å². The van der Waals surface area contributed by atoms with Gasteiger partial charge in [-0.1, -0.05) is 57.4 Å². The SMILES string of the molecule is CC(C)c1ccc(OCCCn2c(C(C)NC(=O)C3CCCCC3)nc3ccccc32)cc1. The third-order valence-electron chi connectivity index (χ3n) is 6.75. The van der Waals surface area contributed by atoms with E-state index in [0.717, 1.165) is 61.3 Å². The van der Waals surface area contributed by atoms with Crippen molar-refractivity contribution in [2.45, 2.75) is 77.8 Å². The number of para-hydroxylation sites is 2. The summed E-state index contributed by atoms with van der Waals surface area (Å²) in [6.45, 7) is 7.87. The summed E-state index contributed by atoms with van der Waals surface area (Å²) < 4.78 is 8.23. The van der Waals surface area contributed by atoms with E-state index in [4.69, 9.17) is 9.72 Å². The molecule has 0 saturated heterocycles. The van der Waals surface area contributed by atoms with Crippen LogP contribution >= 0.6 is 0 Å². The van der Waals surface area contributed by atoms with Crippen LogP contribution in [0.2, 0.25) is 0 Å².